The summed E-state index contributed by atoms with van der Waals surface area (Å²) in [6.07, 6.45) is 1.80. The highest BCUT2D eigenvalue weighted by atomic mass is 16.7. The van der Waals surface area contributed by atoms with Crippen LogP contribution in [-0.4, -0.2) is 33.1 Å². The Bertz CT molecular complexity index is 67.6. The molecule has 1 N–H and O–H groups in total. The smallest absolute Gasteiger partial charge is 0.160 e. The highest BCUT2D eigenvalue weighted by molar-refractivity contribution is 4.77. The quantitative estimate of drug-likeness (QED) is 0.500. The molecule has 0 aromatic rings. The number of fused-ring (bicyclic) bond motifs is 1. The summed E-state index contributed by atoms with van der Waals surface area (Å²) in [7, 11) is 3.75. The van der Waals surface area contributed by atoms with Gasteiger partial charge in [0, 0.05) is 6.42 Å². The van der Waals surface area contributed by atoms with Crippen LogP contribution in [0.3, 0.4) is 0 Å². The van der Waals surface area contributed by atoms with E-state index in [1.807, 2.05) is 14.1 Å². The van der Waals surface area contributed by atoms with E-state index in [9.17, 15) is 0 Å². The molecule has 0 amide bonds. The maximum atomic E-state index is 5.03. The second kappa shape index (κ2) is 3.15. The van der Waals surface area contributed by atoms with E-state index in [0.29, 0.717) is 6.10 Å². The summed E-state index contributed by atoms with van der Waals surface area (Å²) in [6, 6.07) is 0. The predicted molar refractivity (Wildman–Crippen MR) is 34.2 cm³/mol. The minimum atomic E-state index is 0.190. The van der Waals surface area contributed by atoms with Gasteiger partial charge in [0.15, 0.2) is 6.29 Å². The molecule has 3 fully saturated rings. The highest BCUT2D eigenvalue weighted by Gasteiger charge is 2.38. The molecule has 3 nitrogen and oxygen atoms in total. The molecule has 3 aliphatic heterocycles. The summed E-state index contributed by atoms with van der Waals surface area (Å²) in [4.78, 5) is 0. The van der Waals surface area contributed by atoms with E-state index in [4.69, 9.17) is 9.47 Å². The molecule has 54 valence electrons. The molecular weight excluding hydrogens is 118 g/mol. The van der Waals surface area contributed by atoms with Gasteiger partial charge in [-0.3, -0.25) is 0 Å². The molecule has 0 radical (unpaired) electrons. The molecular formula is C6H13NO2. The Labute approximate surface area is 55.3 Å². The fourth-order valence-electron chi connectivity index (χ4n) is 0.848. The molecule has 3 heteroatoms. The van der Waals surface area contributed by atoms with Gasteiger partial charge in [0.1, 0.15) is 0 Å². The van der Waals surface area contributed by atoms with Gasteiger partial charge in [0.25, 0.3) is 0 Å². The first-order valence-electron chi connectivity index (χ1n) is 3.22. The van der Waals surface area contributed by atoms with Crippen molar-refractivity contribution in [2.45, 2.75) is 18.8 Å². The van der Waals surface area contributed by atoms with Gasteiger partial charge < -0.3 is 14.8 Å². The molecule has 0 aliphatic carbocycles. The van der Waals surface area contributed by atoms with Crippen LogP contribution in [0.15, 0.2) is 0 Å². The molecule has 0 aromatic carbocycles. The number of rotatable bonds is 0. The third kappa shape index (κ3) is 1.64. The van der Waals surface area contributed by atoms with E-state index < -0.39 is 0 Å². The predicted octanol–water partition coefficient (Wildman–Crippen LogP) is -0.0328. The Hall–Kier alpha value is -0.120. The second-order valence-corrected chi connectivity index (χ2v) is 2.26. The monoisotopic (exact) mass is 131 g/mol. The Morgan fingerprint density at radius 2 is 2.00 bits per heavy atom. The summed E-state index contributed by atoms with van der Waals surface area (Å²) in [6.45, 7) is 0.838. The standard InChI is InChI=1S/C4H6O2.C2H7N/c1-3-2-5-4(1)6-3;1-3-2/h3-4H,1-2H2;3H,1-2H3. The van der Waals surface area contributed by atoms with Gasteiger partial charge in [0.05, 0.1) is 12.7 Å². The Balaban J connectivity index is 0.000000120. The van der Waals surface area contributed by atoms with Crippen LogP contribution in [0.5, 0.6) is 0 Å². The SMILES string of the molecule is C1OC2CC1O2.CNC. The van der Waals surface area contributed by atoms with Gasteiger partial charge in [0.2, 0.25) is 0 Å². The largest absolute Gasteiger partial charge is 0.350 e. The summed E-state index contributed by atoms with van der Waals surface area (Å²) >= 11 is 0. The van der Waals surface area contributed by atoms with Gasteiger partial charge >= 0.3 is 0 Å². The van der Waals surface area contributed by atoms with Crippen molar-refractivity contribution in [1.82, 2.24) is 5.32 Å². The molecule has 0 aromatic heterocycles. The average molecular weight is 131 g/mol. The van der Waals surface area contributed by atoms with Crippen molar-refractivity contribution in [3.8, 4) is 0 Å². The van der Waals surface area contributed by atoms with Crippen LogP contribution in [0.4, 0.5) is 0 Å². The first-order valence-corrected chi connectivity index (χ1v) is 3.22. The molecule has 3 aliphatic rings. The van der Waals surface area contributed by atoms with Crippen molar-refractivity contribution >= 4 is 0 Å². The van der Waals surface area contributed by atoms with Crippen molar-refractivity contribution in [2.75, 3.05) is 20.7 Å². The van der Waals surface area contributed by atoms with Gasteiger partial charge in [-0.1, -0.05) is 0 Å². The molecule has 2 bridgehead atoms. The molecule has 9 heavy (non-hydrogen) atoms. The lowest BCUT2D eigenvalue weighted by Gasteiger charge is -2.19. The number of ether oxygens (including phenoxy) is 2. The molecule has 3 rings (SSSR count). The van der Waals surface area contributed by atoms with E-state index in [1.165, 1.54) is 0 Å². The Kier molecular flexibility index (Phi) is 2.45. The Morgan fingerprint density at radius 1 is 1.44 bits per heavy atom. The van der Waals surface area contributed by atoms with Gasteiger partial charge in [-0.2, -0.15) is 0 Å². The maximum Gasteiger partial charge on any atom is 0.160 e. The van der Waals surface area contributed by atoms with Crippen molar-refractivity contribution in [3.63, 3.8) is 0 Å². The third-order valence-corrected chi connectivity index (χ3v) is 1.27. The summed E-state index contributed by atoms with van der Waals surface area (Å²) in [5.74, 6) is 0. The first-order chi connectivity index (χ1) is 4.36. The first kappa shape index (κ1) is 6.99. The van der Waals surface area contributed by atoms with E-state index in [1.54, 1.807) is 0 Å². The molecule has 3 heterocycles. The average Bonchev–Trinajstić information content (AvgIpc) is 2.17. The zero-order chi connectivity index (χ0) is 6.69. The summed E-state index contributed by atoms with van der Waals surface area (Å²) in [5, 5.41) is 2.75. The van der Waals surface area contributed by atoms with Crippen LogP contribution < -0.4 is 5.32 Å². The van der Waals surface area contributed by atoms with Crippen molar-refractivity contribution < 1.29 is 9.47 Å². The number of hydrogen-bond acceptors (Lipinski definition) is 3. The van der Waals surface area contributed by atoms with Crippen LogP contribution in [0.1, 0.15) is 6.42 Å². The molecule has 0 spiro atoms. The lowest BCUT2D eigenvalue weighted by atomic mass is 10.2. The number of nitrogens with one attached hydrogen (secondary N) is 1. The zero-order valence-electron chi connectivity index (χ0n) is 5.89. The second-order valence-electron chi connectivity index (χ2n) is 2.26. The van der Waals surface area contributed by atoms with Crippen molar-refractivity contribution in [2.24, 2.45) is 0 Å². The van der Waals surface area contributed by atoms with E-state index in [2.05, 4.69) is 5.32 Å². The van der Waals surface area contributed by atoms with E-state index in [-0.39, 0.29) is 6.29 Å². The highest BCUT2D eigenvalue weighted by Crippen LogP contribution is 2.29. The van der Waals surface area contributed by atoms with Crippen LogP contribution in [0, 0.1) is 0 Å². The molecule has 2 atom stereocenters. The summed E-state index contributed by atoms with van der Waals surface area (Å²) in [5.41, 5.74) is 0. The molecule has 3 saturated heterocycles. The lowest BCUT2D eigenvalue weighted by Crippen LogP contribution is -2.26. The third-order valence-electron chi connectivity index (χ3n) is 1.27. The number of hydrogen-bond donors (Lipinski definition) is 1. The van der Waals surface area contributed by atoms with Crippen LogP contribution in [0.25, 0.3) is 0 Å². The van der Waals surface area contributed by atoms with Crippen LogP contribution in [-0.2, 0) is 9.47 Å². The topological polar surface area (TPSA) is 30.5 Å². The van der Waals surface area contributed by atoms with Crippen molar-refractivity contribution in [1.29, 1.82) is 0 Å². The van der Waals surface area contributed by atoms with Gasteiger partial charge in [-0.05, 0) is 14.1 Å². The summed E-state index contributed by atoms with van der Waals surface area (Å²) < 4.78 is 10.0. The van der Waals surface area contributed by atoms with Gasteiger partial charge in [-0.25, -0.2) is 0 Å². The fraction of sp³-hybridized carbons (Fsp3) is 1.00. The Morgan fingerprint density at radius 3 is 2.11 bits per heavy atom. The maximum absolute atomic E-state index is 5.03. The van der Waals surface area contributed by atoms with Crippen LogP contribution in [0.2, 0.25) is 0 Å². The van der Waals surface area contributed by atoms with Crippen LogP contribution >= 0.6 is 0 Å². The molecule has 0 saturated carbocycles. The van der Waals surface area contributed by atoms with Crippen molar-refractivity contribution in [3.05, 3.63) is 0 Å². The minimum Gasteiger partial charge on any atom is -0.350 e. The van der Waals surface area contributed by atoms with E-state index >= 15 is 0 Å². The zero-order valence-corrected chi connectivity index (χ0v) is 5.89. The minimum absolute atomic E-state index is 0.190. The molecule has 2 unspecified atom stereocenters. The lowest BCUT2D eigenvalue weighted by molar-refractivity contribution is -0.139. The van der Waals surface area contributed by atoms with Gasteiger partial charge in [-0.15, -0.1) is 0 Å². The normalized spacial score (nSPS) is 36.7. The fourth-order valence-corrected chi connectivity index (χ4v) is 0.848. The van der Waals surface area contributed by atoms with E-state index in [0.717, 1.165) is 13.0 Å².